The van der Waals surface area contributed by atoms with Crippen LogP contribution in [0.5, 0.6) is 0 Å². The molecule has 1 aromatic heterocycles. The molecule has 1 rings (SSSR count). The lowest BCUT2D eigenvalue weighted by Gasteiger charge is -2.17. The summed E-state index contributed by atoms with van der Waals surface area (Å²) in [4.78, 5) is 0. The van der Waals surface area contributed by atoms with Gasteiger partial charge in [-0.05, 0) is 33.6 Å². The van der Waals surface area contributed by atoms with Gasteiger partial charge in [-0.3, -0.25) is 4.68 Å². The largest absolute Gasteiger partial charge is 0.396 e. The third-order valence-electron chi connectivity index (χ3n) is 3.25. The molecule has 0 saturated carbocycles. The molecule has 0 aliphatic carbocycles. The molecule has 0 saturated heterocycles. The van der Waals surface area contributed by atoms with E-state index in [2.05, 4.69) is 38.1 Å². The summed E-state index contributed by atoms with van der Waals surface area (Å²) < 4.78 is 2.04. The van der Waals surface area contributed by atoms with Gasteiger partial charge in [0.2, 0.25) is 0 Å². The maximum absolute atomic E-state index is 9.01. The highest BCUT2D eigenvalue weighted by atomic mass is 16.3. The summed E-state index contributed by atoms with van der Waals surface area (Å²) in [6, 6.07) is 0.282. The highest BCUT2D eigenvalue weighted by Crippen LogP contribution is 2.21. The first-order chi connectivity index (χ1) is 8.01. The quantitative estimate of drug-likeness (QED) is 0.796. The van der Waals surface area contributed by atoms with Gasteiger partial charge in [0.1, 0.15) is 0 Å². The van der Waals surface area contributed by atoms with E-state index >= 15 is 0 Å². The molecule has 0 spiro atoms. The molecule has 17 heavy (non-hydrogen) atoms. The summed E-state index contributed by atoms with van der Waals surface area (Å²) in [6.07, 6.45) is 0. The predicted octanol–water partition coefficient (Wildman–Crippen LogP) is 1.80. The van der Waals surface area contributed by atoms with Gasteiger partial charge < -0.3 is 10.4 Å². The number of aliphatic hydroxyl groups is 1. The molecule has 0 aliphatic rings. The summed E-state index contributed by atoms with van der Waals surface area (Å²) >= 11 is 0. The van der Waals surface area contributed by atoms with Gasteiger partial charge in [-0.25, -0.2) is 0 Å². The van der Waals surface area contributed by atoms with Crippen LogP contribution in [0.25, 0.3) is 0 Å². The molecule has 0 aromatic carbocycles. The highest BCUT2D eigenvalue weighted by molar-refractivity contribution is 5.27. The third kappa shape index (κ3) is 3.30. The molecule has 0 aliphatic heterocycles. The number of nitrogens with one attached hydrogen (secondary N) is 1. The van der Waals surface area contributed by atoms with Crippen molar-refractivity contribution in [2.24, 2.45) is 5.92 Å². The van der Waals surface area contributed by atoms with E-state index < -0.39 is 0 Å². The first-order valence-corrected chi connectivity index (χ1v) is 6.39. The Kier molecular flexibility index (Phi) is 5.15. The average molecular weight is 239 g/mol. The molecule has 1 aromatic rings. The Morgan fingerprint density at radius 1 is 1.35 bits per heavy atom. The molecule has 2 N–H and O–H groups in total. The van der Waals surface area contributed by atoms with E-state index in [1.54, 1.807) is 0 Å². The molecule has 2 atom stereocenters. The standard InChI is InChI=1S/C13H25N3O/c1-6-16-12(5)13(11(4)15-16)10(3)14-7-9(2)8-17/h9-10,14,17H,6-8H2,1-5H3. The van der Waals surface area contributed by atoms with Crippen molar-refractivity contribution in [2.45, 2.75) is 47.2 Å². The fraction of sp³-hybridized carbons (Fsp3) is 0.769. The maximum atomic E-state index is 9.01. The Hall–Kier alpha value is -0.870. The van der Waals surface area contributed by atoms with Gasteiger partial charge >= 0.3 is 0 Å². The molecule has 0 radical (unpaired) electrons. The van der Waals surface area contributed by atoms with Gasteiger partial charge in [-0.1, -0.05) is 6.92 Å². The van der Waals surface area contributed by atoms with E-state index in [0.717, 1.165) is 18.8 Å². The molecule has 0 bridgehead atoms. The van der Waals surface area contributed by atoms with E-state index in [4.69, 9.17) is 5.11 Å². The normalized spacial score (nSPS) is 14.9. The van der Waals surface area contributed by atoms with Crippen molar-refractivity contribution >= 4 is 0 Å². The van der Waals surface area contributed by atoms with Crippen molar-refractivity contribution in [1.29, 1.82) is 0 Å². The molecule has 0 amide bonds. The maximum Gasteiger partial charge on any atom is 0.0644 e. The molecule has 4 heteroatoms. The van der Waals surface area contributed by atoms with E-state index in [0.29, 0.717) is 5.92 Å². The second-order valence-electron chi connectivity index (χ2n) is 4.82. The molecular formula is C13H25N3O. The van der Waals surface area contributed by atoms with Crippen LogP contribution in [0, 0.1) is 19.8 Å². The minimum atomic E-state index is 0.228. The van der Waals surface area contributed by atoms with Gasteiger partial charge in [-0.2, -0.15) is 5.10 Å². The number of rotatable bonds is 6. The van der Waals surface area contributed by atoms with Crippen molar-refractivity contribution in [1.82, 2.24) is 15.1 Å². The van der Waals surface area contributed by atoms with Crippen LogP contribution < -0.4 is 5.32 Å². The monoisotopic (exact) mass is 239 g/mol. The van der Waals surface area contributed by atoms with Gasteiger partial charge in [-0.15, -0.1) is 0 Å². The minimum absolute atomic E-state index is 0.228. The lowest BCUT2D eigenvalue weighted by molar-refractivity contribution is 0.231. The molecule has 4 nitrogen and oxygen atoms in total. The summed E-state index contributed by atoms with van der Waals surface area (Å²) in [5.41, 5.74) is 3.62. The fourth-order valence-electron chi connectivity index (χ4n) is 2.19. The SMILES string of the molecule is CCn1nc(C)c(C(C)NCC(C)CO)c1C. The molecule has 1 heterocycles. The van der Waals surface area contributed by atoms with Crippen molar-refractivity contribution in [3.8, 4) is 0 Å². The van der Waals surface area contributed by atoms with Crippen LogP contribution in [0.1, 0.15) is 43.8 Å². The van der Waals surface area contributed by atoms with E-state index in [1.165, 1.54) is 11.3 Å². The van der Waals surface area contributed by atoms with E-state index in [1.807, 2.05) is 11.6 Å². The fourth-order valence-corrected chi connectivity index (χ4v) is 2.19. The Bertz CT molecular complexity index is 360. The minimum Gasteiger partial charge on any atom is -0.396 e. The Balaban J connectivity index is 2.74. The van der Waals surface area contributed by atoms with Crippen LogP contribution in [0.4, 0.5) is 0 Å². The number of nitrogens with zero attached hydrogens (tertiary/aromatic N) is 2. The lowest BCUT2D eigenvalue weighted by Crippen LogP contribution is -2.26. The number of hydrogen-bond donors (Lipinski definition) is 2. The number of aliphatic hydroxyl groups excluding tert-OH is 1. The number of aromatic nitrogens is 2. The summed E-state index contributed by atoms with van der Waals surface area (Å²) in [6.45, 7) is 12.4. The van der Waals surface area contributed by atoms with Gasteiger partial charge in [0.25, 0.3) is 0 Å². The molecular weight excluding hydrogens is 214 g/mol. The van der Waals surface area contributed by atoms with Gasteiger partial charge in [0, 0.05) is 37.0 Å². The summed E-state index contributed by atoms with van der Waals surface area (Å²) in [5.74, 6) is 0.291. The van der Waals surface area contributed by atoms with Crippen LogP contribution in [0.3, 0.4) is 0 Å². The Morgan fingerprint density at radius 2 is 2.00 bits per heavy atom. The van der Waals surface area contributed by atoms with Crippen LogP contribution in [-0.4, -0.2) is 28.0 Å². The van der Waals surface area contributed by atoms with Crippen molar-refractivity contribution in [3.63, 3.8) is 0 Å². The number of hydrogen-bond acceptors (Lipinski definition) is 3. The lowest BCUT2D eigenvalue weighted by atomic mass is 10.1. The van der Waals surface area contributed by atoms with Crippen molar-refractivity contribution in [3.05, 3.63) is 17.0 Å². The first-order valence-electron chi connectivity index (χ1n) is 6.39. The van der Waals surface area contributed by atoms with Crippen molar-refractivity contribution in [2.75, 3.05) is 13.2 Å². The topological polar surface area (TPSA) is 50.1 Å². The van der Waals surface area contributed by atoms with Gasteiger partial charge in [0.15, 0.2) is 0 Å². The second-order valence-corrected chi connectivity index (χ2v) is 4.82. The average Bonchev–Trinajstić information content (AvgIpc) is 2.60. The zero-order valence-corrected chi connectivity index (χ0v) is 11.6. The smallest absolute Gasteiger partial charge is 0.0644 e. The van der Waals surface area contributed by atoms with E-state index in [-0.39, 0.29) is 12.6 Å². The van der Waals surface area contributed by atoms with Crippen LogP contribution in [0.15, 0.2) is 0 Å². The van der Waals surface area contributed by atoms with Crippen LogP contribution >= 0.6 is 0 Å². The highest BCUT2D eigenvalue weighted by Gasteiger charge is 2.16. The zero-order chi connectivity index (χ0) is 13.0. The Morgan fingerprint density at radius 3 is 2.47 bits per heavy atom. The van der Waals surface area contributed by atoms with Gasteiger partial charge in [0.05, 0.1) is 5.69 Å². The van der Waals surface area contributed by atoms with Crippen molar-refractivity contribution < 1.29 is 5.11 Å². The van der Waals surface area contributed by atoms with Crippen LogP contribution in [0.2, 0.25) is 0 Å². The Labute approximate surface area is 104 Å². The molecule has 2 unspecified atom stereocenters. The summed E-state index contributed by atoms with van der Waals surface area (Å²) in [5, 5.41) is 17.0. The number of aryl methyl sites for hydroxylation is 2. The second kappa shape index (κ2) is 6.17. The zero-order valence-electron chi connectivity index (χ0n) is 11.6. The predicted molar refractivity (Wildman–Crippen MR) is 70.0 cm³/mol. The molecule has 98 valence electrons. The molecule has 0 fully saturated rings. The van der Waals surface area contributed by atoms with E-state index in [9.17, 15) is 0 Å². The third-order valence-corrected chi connectivity index (χ3v) is 3.25. The van der Waals surface area contributed by atoms with Crippen LogP contribution in [-0.2, 0) is 6.54 Å². The summed E-state index contributed by atoms with van der Waals surface area (Å²) in [7, 11) is 0. The first kappa shape index (κ1) is 14.2.